The molecule has 2 heterocycles. The predicted molar refractivity (Wildman–Crippen MR) is 79.1 cm³/mol. The Kier molecular flexibility index (Phi) is 6.15. The minimum absolute atomic E-state index is 0.398. The van der Waals surface area contributed by atoms with Crippen molar-refractivity contribution in [1.29, 1.82) is 0 Å². The molecule has 1 N–H and O–H groups in total. The van der Waals surface area contributed by atoms with Crippen LogP contribution in [0.3, 0.4) is 0 Å². The summed E-state index contributed by atoms with van der Waals surface area (Å²) >= 11 is 0. The summed E-state index contributed by atoms with van der Waals surface area (Å²) in [6.07, 6.45) is 10.8. The molecule has 19 heavy (non-hydrogen) atoms. The van der Waals surface area contributed by atoms with Crippen LogP contribution in [0.15, 0.2) is 0 Å². The molecule has 0 aromatic rings. The fourth-order valence-electron chi connectivity index (χ4n) is 3.51. The summed E-state index contributed by atoms with van der Waals surface area (Å²) in [7, 11) is 0. The lowest BCUT2D eigenvalue weighted by molar-refractivity contribution is -0.130. The second-order valence-corrected chi connectivity index (χ2v) is 6.30. The highest BCUT2D eigenvalue weighted by atomic mass is 16.2. The first-order valence-corrected chi connectivity index (χ1v) is 8.30. The van der Waals surface area contributed by atoms with Crippen molar-refractivity contribution in [1.82, 2.24) is 10.2 Å². The van der Waals surface area contributed by atoms with E-state index in [1.165, 1.54) is 38.5 Å². The Balaban J connectivity index is 1.73. The molecule has 0 saturated carbocycles. The number of nitrogens with zero attached hydrogens (tertiary/aromatic N) is 1. The van der Waals surface area contributed by atoms with Gasteiger partial charge < -0.3 is 10.2 Å². The molecule has 2 atom stereocenters. The van der Waals surface area contributed by atoms with Gasteiger partial charge in [0.15, 0.2) is 0 Å². The maximum Gasteiger partial charge on any atom is 0.222 e. The average Bonchev–Trinajstić information content (AvgIpc) is 2.61. The quantitative estimate of drug-likeness (QED) is 0.830. The first-order valence-electron chi connectivity index (χ1n) is 8.30. The zero-order valence-electron chi connectivity index (χ0n) is 12.5. The Morgan fingerprint density at radius 1 is 1.21 bits per heavy atom. The lowest BCUT2D eigenvalue weighted by atomic mass is 9.96. The number of carbonyl (C=O) groups excluding carboxylic acids is 1. The molecule has 2 aliphatic heterocycles. The number of likely N-dealkylation sites (tertiary alicyclic amines) is 1. The van der Waals surface area contributed by atoms with Crippen LogP contribution < -0.4 is 5.32 Å². The standard InChI is InChI=1S/C16H30N2O/c1-2-5-14-7-8-16(19)18(12-9-14)13-10-15-6-3-4-11-17-15/h14-15,17H,2-13H2,1H3. The van der Waals surface area contributed by atoms with Crippen molar-refractivity contribution in [2.24, 2.45) is 5.92 Å². The minimum atomic E-state index is 0.398. The predicted octanol–water partition coefficient (Wildman–Crippen LogP) is 2.95. The number of carbonyl (C=O) groups is 1. The molecule has 3 heteroatoms. The molecule has 0 spiro atoms. The molecular formula is C16H30N2O. The van der Waals surface area contributed by atoms with Gasteiger partial charge in [-0.1, -0.05) is 26.2 Å². The summed E-state index contributed by atoms with van der Waals surface area (Å²) in [6.45, 7) is 5.38. The second kappa shape index (κ2) is 7.88. The summed E-state index contributed by atoms with van der Waals surface area (Å²) in [5.74, 6) is 1.18. The number of amides is 1. The van der Waals surface area contributed by atoms with Gasteiger partial charge in [-0.2, -0.15) is 0 Å². The fraction of sp³-hybridized carbons (Fsp3) is 0.938. The van der Waals surface area contributed by atoms with Crippen LogP contribution in [-0.2, 0) is 4.79 Å². The lowest BCUT2D eigenvalue weighted by Gasteiger charge is -2.27. The van der Waals surface area contributed by atoms with Crippen LogP contribution >= 0.6 is 0 Å². The molecule has 0 aliphatic carbocycles. The third-order valence-corrected chi connectivity index (χ3v) is 4.78. The first-order chi connectivity index (χ1) is 9.29. The average molecular weight is 266 g/mol. The van der Waals surface area contributed by atoms with Gasteiger partial charge in [-0.05, 0) is 44.6 Å². The van der Waals surface area contributed by atoms with E-state index < -0.39 is 0 Å². The van der Waals surface area contributed by atoms with E-state index in [1.807, 2.05) is 0 Å². The SMILES string of the molecule is CCCC1CCC(=O)N(CCC2CCCCN2)CC1. The molecule has 2 fully saturated rings. The highest BCUT2D eigenvalue weighted by molar-refractivity contribution is 5.76. The van der Waals surface area contributed by atoms with E-state index in [0.717, 1.165) is 44.8 Å². The van der Waals surface area contributed by atoms with E-state index in [9.17, 15) is 4.79 Å². The van der Waals surface area contributed by atoms with Crippen LogP contribution in [0.25, 0.3) is 0 Å². The Bertz CT molecular complexity index is 274. The Morgan fingerprint density at radius 2 is 2.11 bits per heavy atom. The minimum Gasteiger partial charge on any atom is -0.343 e. The van der Waals surface area contributed by atoms with Crippen molar-refractivity contribution in [2.75, 3.05) is 19.6 Å². The third-order valence-electron chi connectivity index (χ3n) is 4.78. The van der Waals surface area contributed by atoms with E-state index in [2.05, 4.69) is 17.1 Å². The maximum atomic E-state index is 12.1. The second-order valence-electron chi connectivity index (χ2n) is 6.30. The number of piperidine rings is 1. The third kappa shape index (κ3) is 4.79. The molecule has 0 radical (unpaired) electrons. The van der Waals surface area contributed by atoms with E-state index in [4.69, 9.17) is 0 Å². The van der Waals surface area contributed by atoms with Crippen LogP contribution in [0, 0.1) is 5.92 Å². The van der Waals surface area contributed by atoms with Crippen molar-refractivity contribution in [3.8, 4) is 0 Å². The molecule has 0 bridgehead atoms. The van der Waals surface area contributed by atoms with E-state index >= 15 is 0 Å². The smallest absolute Gasteiger partial charge is 0.222 e. The Hall–Kier alpha value is -0.570. The fourth-order valence-corrected chi connectivity index (χ4v) is 3.51. The van der Waals surface area contributed by atoms with Gasteiger partial charge in [0.05, 0.1) is 0 Å². The molecule has 2 saturated heterocycles. The van der Waals surface area contributed by atoms with Crippen LogP contribution in [0.1, 0.15) is 64.7 Å². The van der Waals surface area contributed by atoms with E-state index in [-0.39, 0.29) is 0 Å². The number of hydrogen-bond acceptors (Lipinski definition) is 2. The highest BCUT2D eigenvalue weighted by Crippen LogP contribution is 2.23. The van der Waals surface area contributed by atoms with Gasteiger partial charge in [0.2, 0.25) is 5.91 Å². The van der Waals surface area contributed by atoms with Gasteiger partial charge in [-0.3, -0.25) is 4.79 Å². The van der Waals surface area contributed by atoms with Crippen LogP contribution in [0.4, 0.5) is 0 Å². The summed E-state index contributed by atoms with van der Waals surface area (Å²) < 4.78 is 0. The first kappa shape index (κ1) is 14.8. The van der Waals surface area contributed by atoms with Crippen molar-refractivity contribution in [3.63, 3.8) is 0 Å². The molecule has 0 aromatic heterocycles. The number of hydrogen-bond donors (Lipinski definition) is 1. The summed E-state index contributed by atoms with van der Waals surface area (Å²) in [6, 6.07) is 0.649. The largest absolute Gasteiger partial charge is 0.343 e. The van der Waals surface area contributed by atoms with Crippen molar-refractivity contribution < 1.29 is 4.79 Å². The van der Waals surface area contributed by atoms with Gasteiger partial charge in [-0.15, -0.1) is 0 Å². The Morgan fingerprint density at radius 3 is 2.84 bits per heavy atom. The molecule has 2 unspecified atom stereocenters. The number of rotatable bonds is 5. The molecule has 3 nitrogen and oxygen atoms in total. The maximum absolute atomic E-state index is 12.1. The van der Waals surface area contributed by atoms with Crippen molar-refractivity contribution >= 4 is 5.91 Å². The normalized spacial score (nSPS) is 29.3. The van der Waals surface area contributed by atoms with E-state index in [0.29, 0.717) is 11.9 Å². The van der Waals surface area contributed by atoms with Crippen molar-refractivity contribution in [3.05, 3.63) is 0 Å². The molecule has 1 amide bonds. The molecule has 0 aromatic carbocycles. The van der Waals surface area contributed by atoms with Gasteiger partial charge in [-0.25, -0.2) is 0 Å². The molecule has 110 valence electrons. The number of nitrogens with one attached hydrogen (secondary N) is 1. The summed E-state index contributed by atoms with van der Waals surface area (Å²) in [5, 5.41) is 3.58. The van der Waals surface area contributed by atoms with Gasteiger partial charge in [0.1, 0.15) is 0 Å². The highest BCUT2D eigenvalue weighted by Gasteiger charge is 2.23. The van der Waals surface area contributed by atoms with Crippen molar-refractivity contribution in [2.45, 2.75) is 70.8 Å². The lowest BCUT2D eigenvalue weighted by Crippen LogP contribution is -2.39. The summed E-state index contributed by atoms with van der Waals surface area (Å²) in [5.41, 5.74) is 0. The Labute approximate surface area is 118 Å². The van der Waals surface area contributed by atoms with Gasteiger partial charge in [0, 0.05) is 25.6 Å². The topological polar surface area (TPSA) is 32.3 Å². The molecule has 2 aliphatic rings. The zero-order chi connectivity index (χ0) is 13.5. The molecular weight excluding hydrogens is 236 g/mol. The van der Waals surface area contributed by atoms with Gasteiger partial charge >= 0.3 is 0 Å². The molecule has 2 rings (SSSR count). The van der Waals surface area contributed by atoms with Crippen LogP contribution in [0.2, 0.25) is 0 Å². The van der Waals surface area contributed by atoms with E-state index in [1.54, 1.807) is 0 Å². The zero-order valence-corrected chi connectivity index (χ0v) is 12.5. The van der Waals surface area contributed by atoms with Crippen LogP contribution in [-0.4, -0.2) is 36.5 Å². The van der Waals surface area contributed by atoms with Gasteiger partial charge in [0.25, 0.3) is 0 Å². The monoisotopic (exact) mass is 266 g/mol. The summed E-state index contributed by atoms with van der Waals surface area (Å²) in [4.78, 5) is 14.3. The van der Waals surface area contributed by atoms with Crippen LogP contribution in [0.5, 0.6) is 0 Å².